The van der Waals surface area contributed by atoms with E-state index in [2.05, 4.69) is 0 Å². The summed E-state index contributed by atoms with van der Waals surface area (Å²) in [5.41, 5.74) is 1.38. The van der Waals surface area contributed by atoms with Gasteiger partial charge in [-0.3, -0.25) is 0 Å². The molecule has 2 rings (SSSR count). The van der Waals surface area contributed by atoms with Crippen LogP contribution in [0.1, 0.15) is 11.1 Å². The van der Waals surface area contributed by atoms with Crippen LogP contribution >= 0.6 is 0 Å². The minimum atomic E-state index is -0.997. The minimum Gasteiger partial charge on any atom is -0.508 e. The summed E-state index contributed by atoms with van der Waals surface area (Å²) in [7, 11) is 0. The summed E-state index contributed by atoms with van der Waals surface area (Å²) < 4.78 is 9.97. The first-order chi connectivity index (χ1) is 13.5. The Morgan fingerprint density at radius 3 is 1.75 bits per heavy atom. The highest BCUT2D eigenvalue weighted by Gasteiger charge is 2.14. The molecule has 1 unspecified atom stereocenters. The zero-order valence-electron chi connectivity index (χ0n) is 14.9. The third kappa shape index (κ3) is 7.35. The van der Waals surface area contributed by atoms with E-state index < -0.39 is 24.6 Å². The van der Waals surface area contributed by atoms with Gasteiger partial charge in [0.25, 0.3) is 0 Å². The molecular formula is C21H20O7. The average Bonchev–Trinajstić information content (AvgIpc) is 2.70. The van der Waals surface area contributed by atoms with Crippen molar-refractivity contribution in [2.24, 2.45) is 0 Å². The van der Waals surface area contributed by atoms with Crippen molar-refractivity contribution in [2.75, 3.05) is 13.2 Å². The van der Waals surface area contributed by atoms with Crippen molar-refractivity contribution in [2.45, 2.75) is 6.10 Å². The molecule has 0 bridgehead atoms. The second-order valence-corrected chi connectivity index (χ2v) is 5.72. The van der Waals surface area contributed by atoms with E-state index in [1.54, 1.807) is 24.3 Å². The number of rotatable bonds is 8. The molecule has 0 aromatic heterocycles. The van der Waals surface area contributed by atoms with Gasteiger partial charge in [-0.05, 0) is 47.5 Å². The van der Waals surface area contributed by atoms with E-state index in [1.165, 1.54) is 48.6 Å². The highest BCUT2D eigenvalue weighted by atomic mass is 16.6. The molecule has 0 radical (unpaired) electrons. The SMILES string of the molecule is O=C(/C=C/c1ccc(O)cc1)OCC(CO)OC(=O)/C=C/c1ccc(O)cc1. The predicted molar refractivity (Wildman–Crippen MR) is 102 cm³/mol. The standard InChI is InChI=1S/C21H20O7/c22-13-19(28-21(26)12-6-16-3-9-18(24)10-4-16)14-27-20(25)11-5-15-1-7-17(23)8-2-15/h1-12,19,22-24H,13-14H2/b11-5+,12-6+. The van der Waals surface area contributed by atoms with Crippen LogP contribution < -0.4 is 0 Å². The molecule has 1 atom stereocenters. The Balaban J connectivity index is 1.79. The smallest absolute Gasteiger partial charge is 0.331 e. The molecule has 2 aromatic carbocycles. The Kier molecular flexibility index (Phi) is 7.80. The van der Waals surface area contributed by atoms with Gasteiger partial charge < -0.3 is 24.8 Å². The van der Waals surface area contributed by atoms with Gasteiger partial charge in [-0.15, -0.1) is 0 Å². The van der Waals surface area contributed by atoms with Crippen molar-refractivity contribution in [1.29, 1.82) is 0 Å². The van der Waals surface area contributed by atoms with E-state index in [-0.39, 0.29) is 18.1 Å². The Morgan fingerprint density at radius 1 is 0.821 bits per heavy atom. The van der Waals surface area contributed by atoms with Crippen LogP contribution in [-0.4, -0.2) is 46.6 Å². The van der Waals surface area contributed by atoms with Gasteiger partial charge in [0, 0.05) is 12.2 Å². The Hall–Kier alpha value is -3.58. The Morgan fingerprint density at radius 2 is 1.29 bits per heavy atom. The molecule has 0 spiro atoms. The number of ether oxygens (including phenoxy) is 2. The summed E-state index contributed by atoms with van der Waals surface area (Å²) in [5, 5.41) is 27.7. The van der Waals surface area contributed by atoms with E-state index in [0.29, 0.717) is 11.1 Å². The molecule has 0 amide bonds. The van der Waals surface area contributed by atoms with E-state index >= 15 is 0 Å². The molecule has 0 aliphatic rings. The lowest BCUT2D eigenvalue weighted by Crippen LogP contribution is -2.27. The number of esters is 2. The third-order valence-electron chi connectivity index (χ3n) is 3.51. The van der Waals surface area contributed by atoms with Crippen LogP contribution in [0.5, 0.6) is 11.5 Å². The number of hydrogen-bond acceptors (Lipinski definition) is 7. The average molecular weight is 384 g/mol. The van der Waals surface area contributed by atoms with Crippen molar-refractivity contribution < 1.29 is 34.4 Å². The van der Waals surface area contributed by atoms with E-state index in [0.717, 1.165) is 0 Å². The fourth-order valence-electron chi connectivity index (χ4n) is 2.05. The first kappa shape index (κ1) is 20.7. The molecule has 0 fully saturated rings. The van der Waals surface area contributed by atoms with Crippen molar-refractivity contribution in [1.82, 2.24) is 0 Å². The highest BCUT2D eigenvalue weighted by Crippen LogP contribution is 2.12. The molecule has 146 valence electrons. The summed E-state index contributed by atoms with van der Waals surface area (Å²) in [4.78, 5) is 23.5. The van der Waals surface area contributed by atoms with Crippen LogP contribution in [0.4, 0.5) is 0 Å². The number of phenolic OH excluding ortho intramolecular Hbond substituents is 2. The number of aliphatic hydroxyl groups excluding tert-OH is 1. The quantitative estimate of drug-likeness (QED) is 0.473. The maximum absolute atomic E-state index is 11.8. The maximum Gasteiger partial charge on any atom is 0.331 e. The fraction of sp³-hybridized carbons (Fsp3) is 0.143. The number of carbonyl (C=O) groups excluding carboxylic acids is 2. The third-order valence-corrected chi connectivity index (χ3v) is 3.51. The lowest BCUT2D eigenvalue weighted by molar-refractivity contribution is -0.154. The largest absolute Gasteiger partial charge is 0.508 e. The van der Waals surface area contributed by atoms with Gasteiger partial charge in [-0.1, -0.05) is 24.3 Å². The van der Waals surface area contributed by atoms with Crippen LogP contribution in [0.15, 0.2) is 60.7 Å². The van der Waals surface area contributed by atoms with Gasteiger partial charge in [-0.25, -0.2) is 9.59 Å². The molecule has 7 heteroatoms. The van der Waals surface area contributed by atoms with Crippen LogP contribution in [0.2, 0.25) is 0 Å². The summed E-state index contributed by atoms with van der Waals surface area (Å²) in [6.45, 7) is -0.804. The number of aliphatic hydroxyl groups is 1. The van der Waals surface area contributed by atoms with Gasteiger partial charge in [0.15, 0.2) is 6.10 Å². The number of benzene rings is 2. The number of phenols is 2. The molecule has 7 nitrogen and oxygen atoms in total. The van der Waals surface area contributed by atoms with E-state index in [1.807, 2.05) is 0 Å². The molecule has 28 heavy (non-hydrogen) atoms. The topological polar surface area (TPSA) is 113 Å². The fourth-order valence-corrected chi connectivity index (χ4v) is 2.05. The van der Waals surface area contributed by atoms with E-state index in [9.17, 15) is 24.9 Å². The van der Waals surface area contributed by atoms with E-state index in [4.69, 9.17) is 9.47 Å². The van der Waals surface area contributed by atoms with Gasteiger partial charge >= 0.3 is 11.9 Å². The van der Waals surface area contributed by atoms with Crippen LogP contribution in [0.3, 0.4) is 0 Å². The number of aromatic hydroxyl groups is 2. The first-order valence-corrected chi connectivity index (χ1v) is 8.38. The molecule has 0 saturated carbocycles. The first-order valence-electron chi connectivity index (χ1n) is 8.38. The second kappa shape index (κ2) is 10.5. The molecule has 0 aliphatic heterocycles. The van der Waals surface area contributed by atoms with Crippen molar-refractivity contribution in [3.63, 3.8) is 0 Å². The van der Waals surface area contributed by atoms with Crippen LogP contribution in [-0.2, 0) is 19.1 Å². The molecular weight excluding hydrogens is 364 g/mol. The molecule has 2 aromatic rings. The summed E-state index contributed by atoms with van der Waals surface area (Å²) >= 11 is 0. The minimum absolute atomic E-state index is 0.112. The van der Waals surface area contributed by atoms with Gasteiger partial charge in [-0.2, -0.15) is 0 Å². The Bertz CT molecular complexity index is 836. The lowest BCUT2D eigenvalue weighted by atomic mass is 10.2. The second-order valence-electron chi connectivity index (χ2n) is 5.72. The number of carbonyl (C=O) groups is 2. The van der Waals surface area contributed by atoms with Crippen molar-refractivity contribution >= 4 is 24.1 Å². The summed E-state index contributed by atoms with van der Waals surface area (Å²) in [5.74, 6) is -1.14. The summed E-state index contributed by atoms with van der Waals surface area (Å²) in [6.07, 6.45) is 4.35. The van der Waals surface area contributed by atoms with Gasteiger partial charge in [0.05, 0.1) is 6.61 Å². The van der Waals surface area contributed by atoms with Gasteiger partial charge in [0.2, 0.25) is 0 Å². The van der Waals surface area contributed by atoms with Gasteiger partial charge in [0.1, 0.15) is 18.1 Å². The zero-order valence-corrected chi connectivity index (χ0v) is 14.9. The highest BCUT2D eigenvalue weighted by molar-refractivity contribution is 5.88. The van der Waals surface area contributed by atoms with Crippen molar-refractivity contribution in [3.05, 3.63) is 71.8 Å². The molecule has 0 aliphatic carbocycles. The zero-order chi connectivity index (χ0) is 20.4. The molecule has 0 saturated heterocycles. The van der Waals surface area contributed by atoms with Crippen LogP contribution in [0, 0.1) is 0 Å². The maximum atomic E-state index is 11.8. The number of hydrogen-bond donors (Lipinski definition) is 3. The lowest BCUT2D eigenvalue weighted by Gasteiger charge is -2.13. The normalized spacial score (nSPS) is 12.2. The molecule has 0 heterocycles. The summed E-state index contributed by atoms with van der Waals surface area (Å²) in [6, 6.07) is 12.4. The predicted octanol–water partition coefficient (Wildman–Crippen LogP) is 2.27. The monoisotopic (exact) mass is 384 g/mol. The van der Waals surface area contributed by atoms with Crippen molar-refractivity contribution in [3.8, 4) is 11.5 Å². The molecule has 3 N–H and O–H groups in total. The Labute approximate surface area is 161 Å². The van der Waals surface area contributed by atoms with Crippen LogP contribution in [0.25, 0.3) is 12.2 Å².